The molecule has 0 aromatic rings. The first-order chi connectivity index (χ1) is 5.68. The first-order valence-electron chi connectivity index (χ1n) is 4.32. The normalized spacial score (nSPS) is 9.50. The molecule has 0 radical (unpaired) electrons. The van der Waals surface area contributed by atoms with E-state index in [1.807, 2.05) is 0 Å². The van der Waals surface area contributed by atoms with E-state index in [0.717, 1.165) is 19.5 Å². The largest absolute Gasteiger partial charge is 0.456 e. The minimum absolute atomic E-state index is 0.292. The predicted octanol–water partition coefficient (Wildman–Crippen LogP) is 0.0791. The molecule has 0 amide bonds. The highest BCUT2D eigenvalue weighted by molar-refractivity contribution is 5.86. The van der Waals surface area contributed by atoms with Crippen molar-refractivity contribution < 1.29 is 14.8 Å². The van der Waals surface area contributed by atoms with Crippen LogP contribution in [-0.4, -0.2) is 25.7 Å². The molecule has 2 N–H and O–H groups in total. The highest BCUT2D eigenvalue weighted by atomic mass is 16.5. The molecule has 0 aliphatic heterocycles. The second-order valence-corrected chi connectivity index (χ2v) is 2.78. The van der Waals surface area contributed by atoms with Crippen LogP contribution >= 0.6 is 0 Å². The van der Waals surface area contributed by atoms with Crippen molar-refractivity contribution in [2.24, 2.45) is 0 Å². The van der Waals surface area contributed by atoms with Gasteiger partial charge in [-0.1, -0.05) is 13.5 Å². The summed E-state index contributed by atoms with van der Waals surface area (Å²) in [6.45, 7) is 9.66. The average molecular weight is 172 g/mol. The van der Waals surface area contributed by atoms with Crippen molar-refractivity contribution in [2.75, 3.05) is 19.7 Å². The molecule has 0 rings (SSSR count). The van der Waals surface area contributed by atoms with Crippen molar-refractivity contribution in [3.8, 4) is 0 Å². The van der Waals surface area contributed by atoms with Gasteiger partial charge in [0.1, 0.15) is 13.2 Å². The fraction of sp³-hybridized carbons (Fsp3) is 0.667. The number of quaternary nitrogens is 1. The van der Waals surface area contributed by atoms with Gasteiger partial charge in [-0.2, -0.15) is 0 Å². The third kappa shape index (κ3) is 5.92. The smallest absolute Gasteiger partial charge is 0.333 e. The Morgan fingerprint density at radius 1 is 1.50 bits per heavy atom. The molecular weight excluding hydrogens is 154 g/mol. The van der Waals surface area contributed by atoms with Crippen LogP contribution < -0.4 is 5.32 Å². The SMILES string of the molecule is C=C(C)C(=O)OCC[NH2+]CCC. The molecule has 0 saturated heterocycles. The van der Waals surface area contributed by atoms with Gasteiger partial charge in [0.25, 0.3) is 0 Å². The van der Waals surface area contributed by atoms with Crippen LogP contribution in [0.5, 0.6) is 0 Å². The zero-order valence-electron chi connectivity index (χ0n) is 7.93. The van der Waals surface area contributed by atoms with Crippen LogP contribution in [0, 0.1) is 0 Å². The van der Waals surface area contributed by atoms with Gasteiger partial charge in [-0.15, -0.1) is 0 Å². The van der Waals surface area contributed by atoms with Crippen LogP contribution in [0.2, 0.25) is 0 Å². The molecule has 0 fully saturated rings. The summed E-state index contributed by atoms with van der Waals surface area (Å²) in [5.74, 6) is -0.292. The molecule has 0 spiro atoms. The quantitative estimate of drug-likeness (QED) is 0.350. The molecule has 0 aromatic heterocycles. The van der Waals surface area contributed by atoms with E-state index in [-0.39, 0.29) is 5.97 Å². The van der Waals surface area contributed by atoms with Crippen LogP contribution in [0.1, 0.15) is 20.3 Å². The minimum atomic E-state index is -0.292. The van der Waals surface area contributed by atoms with Crippen LogP contribution in [0.15, 0.2) is 12.2 Å². The first kappa shape index (κ1) is 11.2. The molecule has 0 aliphatic rings. The zero-order valence-corrected chi connectivity index (χ0v) is 7.93. The molecular formula is C9H18NO2+. The molecule has 0 heterocycles. The van der Waals surface area contributed by atoms with Crippen molar-refractivity contribution in [2.45, 2.75) is 20.3 Å². The monoisotopic (exact) mass is 172 g/mol. The minimum Gasteiger partial charge on any atom is -0.456 e. The van der Waals surface area contributed by atoms with Crippen LogP contribution in [0.3, 0.4) is 0 Å². The third-order valence-corrected chi connectivity index (χ3v) is 1.40. The Bertz CT molecular complexity index is 155. The lowest BCUT2D eigenvalue weighted by Gasteiger charge is -2.02. The maximum absolute atomic E-state index is 10.8. The van der Waals surface area contributed by atoms with E-state index in [4.69, 9.17) is 4.74 Å². The number of hydrogen-bond acceptors (Lipinski definition) is 2. The first-order valence-corrected chi connectivity index (χ1v) is 4.32. The molecule has 3 nitrogen and oxygen atoms in total. The maximum atomic E-state index is 10.8. The number of nitrogens with two attached hydrogens (primary N) is 1. The predicted molar refractivity (Wildman–Crippen MR) is 47.7 cm³/mol. The molecule has 0 saturated carbocycles. The Labute approximate surface area is 73.8 Å². The summed E-state index contributed by atoms with van der Waals surface area (Å²) >= 11 is 0. The lowest BCUT2D eigenvalue weighted by molar-refractivity contribution is -0.655. The van der Waals surface area contributed by atoms with Crippen molar-refractivity contribution in [1.82, 2.24) is 0 Å². The number of carbonyl (C=O) groups is 1. The standard InChI is InChI=1S/C9H17NO2/c1-4-5-10-6-7-12-9(11)8(2)3/h10H,2,4-7H2,1,3H3/p+1. The van der Waals surface area contributed by atoms with Crippen molar-refractivity contribution in [3.05, 3.63) is 12.2 Å². The molecule has 0 bridgehead atoms. The fourth-order valence-corrected chi connectivity index (χ4v) is 0.707. The molecule has 70 valence electrons. The molecule has 0 aromatic carbocycles. The Morgan fingerprint density at radius 3 is 2.67 bits per heavy atom. The summed E-state index contributed by atoms with van der Waals surface area (Å²) in [6.07, 6.45) is 1.15. The van der Waals surface area contributed by atoms with Crippen molar-refractivity contribution in [1.29, 1.82) is 0 Å². The van der Waals surface area contributed by atoms with Gasteiger partial charge in [0.15, 0.2) is 0 Å². The van der Waals surface area contributed by atoms with E-state index in [0.29, 0.717) is 12.2 Å². The topological polar surface area (TPSA) is 42.9 Å². The van der Waals surface area contributed by atoms with E-state index in [1.54, 1.807) is 6.92 Å². The number of carbonyl (C=O) groups excluding carboxylic acids is 1. The van der Waals surface area contributed by atoms with Crippen LogP contribution in [0.25, 0.3) is 0 Å². The van der Waals surface area contributed by atoms with Gasteiger partial charge in [-0.3, -0.25) is 0 Å². The number of hydrogen-bond donors (Lipinski definition) is 1. The Hall–Kier alpha value is -0.830. The molecule has 0 aliphatic carbocycles. The molecule has 0 atom stereocenters. The summed E-state index contributed by atoms with van der Waals surface area (Å²) in [4.78, 5) is 10.8. The van der Waals surface area contributed by atoms with Crippen LogP contribution in [0.4, 0.5) is 0 Å². The second kappa shape index (κ2) is 6.85. The van der Waals surface area contributed by atoms with Gasteiger partial charge in [0.05, 0.1) is 6.54 Å². The summed E-state index contributed by atoms with van der Waals surface area (Å²) < 4.78 is 4.88. The van der Waals surface area contributed by atoms with Gasteiger partial charge in [-0.05, 0) is 13.3 Å². The third-order valence-electron chi connectivity index (χ3n) is 1.40. The Balaban J connectivity index is 3.20. The van der Waals surface area contributed by atoms with Gasteiger partial charge < -0.3 is 10.1 Å². The lowest BCUT2D eigenvalue weighted by atomic mass is 10.4. The van der Waals surface area contributed by atoms with E-state index >= 15 is 0 Å². The molecule has 12 heavy (non-hydrogen) atoms. The Kier molecular flexibility index (Phi) is 6.38. The number of ether oxygens (including phenoxy) is 1. The molecule has 0 unspecified atom stereocenters. The molecule has 3 heteroatoms. The van der Waals surface area contributed by atoms with E-state index in [2.05, 4.69) is 18.8 Å². The van der Waals surface area contributed by atoms with Crippen molar-refractivity contribution >= 4 is 5.97 Å². The van der Waals surface area contributed by atoms with Gasteiger partial charge in [0.2, 0.25) is 0 Å². The maximum Gasteiger partial charge on any atom is 0.333 e. The average Bonchev–Trinajstić information content (AvgIpc) is 2.03. The highest BCUT2D eigenvalue weighted by Crippen LogP contribution is 1.89. The van der Waals surface area contributed by atoms with Crippen molar-refractivity contribution in [3.63, 3.8) is 0 Å². The van der Waals surface area contributed by atoms with E-state index < -0.39 is 0 Å². The zero-order chi connectivity index (χ0) is 9.40. The van der Waals surface area contributed by atoms with Gasteiger partial charge in [0, 0.05) is 5.57 Å². The van der Waals surface area contributed by atoms with Gasteiger partial charge >= 0.3 is 5.97 Å². The second-order valence-electron chi connectivity index (χ2n) is 2.78. The summed E-state index contributed by atoms with van der Waals surface area (Å²) in [7, 11) is 0. The lowest BCUT2D eigenvalue weighted by Crippen LogP contribution is -2.85. The summed E-state index contributed by atoms with van der Waals surface area (Å²) in [5.41, 5.74) is 0.463. The fourth-order valence-electron chi connectivity index (χ4n) is 0.707. The van der Waals surface area contributed by atoms with E-state index in [9.17, 15) is 4.79 Å². The van der Waals surface area contributed by atoms with E-state index in [1.165, 1.54) is 0 Å². The van der Waals surface area contributed by atoms with Gasteiger partial charge in [-0.25, -0.2) is 4.79 Å². The highest BCUT2D eigenvalue weighted by Gasteiger charge is 2.01. The number of rotatable bonds is 6. The summed E-state index contributed by atoms with van der Waals surface area (Å²) in [5, 5.41) is 2.13. The Morgan fingerprint density at radius 2 is 2.17 bits per heavy atom. The number of esters is 1. The van der Waals surface area contributed by atoms with Crippen LogP contribution in [-0.2, 0) is 9.53 Å². The summed E-state index contributed by atoms with van der Waals surface area (Å²) in [6, 6.07) is 0.